The fourth-order valence-electron chi connectivity index (χ4n) is 1.60. The van der Waals surface area contributed by atoms with Crippen LogP contribution in [0, 0.1) is 0 Å². The number of benzene rings is 1. The molecule has 0 saturated carbocycles. The molecule has 0 fully saturated rings. The van der Waals surface area contributed by atoms with E-state index in [4.69, 9.17) is 0 Å². The van der Waals surface area contributed by atoms with E-state index in [9.17, 15) is 13.2 Å². The molecule has 1 aromatic rings. The SMILES string of the molecule is CC[C@@H](C(=O)c1ccc(Br)cc1)S(=O)(=O)CC. The van der Waals surface area contributed by atoms with Gasteiger partial charge in [0, 0.05) is 15.8 Å². The van der Waals surface area contributed by atoms with Crippen LogP contribution in [0.5, 0.6) is 0 Å². The lowest BCUT2D eigenvalue weighted by molar-refractivity contribution is 0.0985. The summed E-state index contributed by atoms with van der Waals surface area (Å²) in [5.74, 6) is -0.324. The van der Waals surface area contributed by atoms with Crippen LogP contribution in [0.2, 0.25) is 0 Å². The zero-order valence-electron chi connectivity index (χ0n) is 9.81. The molecule has 0 aromatic heterocycles. The molecule has 94 valence electrons. The Morgan fingerprint density at radius 2 is 1.76 bits per heavy atom. The quantitative estimate of drug-likeness (QED) is 0.784. The number of carbonyl (C=O) groups is 1. The molecular formula is C12H15BrO3S. The number of halogens is 1. The Bertz CT molecular complexity index is 491. The summed E-state index contributed by atoms with van der Waals surface area (Å²) < 4.78 is 24.4. The van der Waals surface area contributed by atoms with E-state index in [-0.39, 0.29) is 11.5 Å². The van der Waals surface area contributed by atoms with Crippen molar-refractivity contribution in [2.75, 3.05) is 5.75 Å². The predicted octanol–water partition coefficient (Wildman–Crippen LogP) is 2.85. The highest BCUT2D eigenvalue weighted by Gasteiger charge is 2.29. The minimum absolute atomic E-state index is 0.00618. The molecule has 0 unspecified atom stereocenters. The first-order valence-electron chi connectivity index (χ1n) is 5.43. The number of hydrogen-bond acceptors (Lipinski definition) is 3. The first kappa shape index (κ1) is 14.4. The van der Waals surface area contributed by atoms with E-state index in [1.54, 1.807) is 38.1 Å². The van der Waals surface area contributed by atoms with Gasteiger partial charge in [-0.25, -0.2) is 8.42 Å². The Kier molecular flexibility index (Phi) is 4.89. The lowest BCUT2D eigenvalue weighted by atomic mass is 10.1. The monoisotopic (exact) mass is 318 g/mol. The lowest BCUT2D eigenvalue weighted by Crippen LogP contribution is -2.31. The van der Waals surface area contributed by atoms with Crippen molar-refractivity contribution in [3.05, 3.63) is 34.3 Å². The summed E-state index contributed by atoms with van der Waals surface area (Å²) in [5.41, 5.74) is 0.442. The van der Waals surface area contributed by atoms with Crippen LogP contribution >= 0.6 is 15.9 Å². The summed E-state index contributed by atoms with van der Waals surface area (Å²) in [5, 5.41) is -0.923. The maximum Gasteiger partial charge on any atom is 0.180 e. The van der Waals surface area contributed by atoms with Crippen molar-refractivity contribution < 1.29 is 13.2 Å². The smallest absolute Gasteiger partial charge is 0.180 e. The van der Waals surface area contributed by atoms with Gasteiger partial charge in [-0.05, 0) is 18.6 Å². The molecule has 0 amide bonds. The second kappa shape index (κ2) is 5.78. The first-order valence-corrected chi connectivity index (χ1v) is 7.94. The Hall–Kier alpha value is -0.680. The van der Waals surface area contributed by atoms with E-state index in [1.165, 1.54) is 0 Å². The summed E-state index contributed by atoms with van der Waals surface area (Å²) >= 11 is 3.27. The van der Waals surface area contributed by atoms with Crippen LogP contribution in [0.1, 0.15) is 30.6 Å². The second-order valence-corrected chi connectivity index (χ2v) is 7.11. The molecule has 3 nitrogen and oxygen atoms in total. The zero-order valence-corrected chi connectivity index (χ0v) is 12.2. The number of hydrogen-bond donors (Lipinski definition) is 0. The van der Waals surface area contributed by atoms with Gasteiger partial charge >= 0.3 is 0 Å². The molecule has 0 N–H and O–H groups in total. The van der Waals surface area contributed by atoms with Crippen molar-refractivity contribution >= 4 is 31.6 Å². The number of rotatable bonds is 5. The van der Waals surface area contributed by atoms with Gasteiger partial charge in [0.05, 0.1) is 0 Å². The summed E-state index contributed by atoms with van der Waals surface area (Å²) in [7, 11) is -3.33. The summed E-state index contributed by atoms with van der Waals surface area (Å²) in [6.45, 7) is 3.28. The number of sulfone groups is 1. The molecule has 1 rings (SSSR count). The van der Waals surface area contributed by atoms with Gasteiger partial charge in [-0.1, -0.05) is 41.9 Å². The first-order chi connectivity index (χ1) is 7.92. The van der Waals surface area contributed by atoms with Crippen LogP contribution < -0.4 is 0 Å². The van der Waals surface area contributed by atoms with Crippen LogP contribution in [-0.4, -0.2) is 25.2 Å². The largest absolute Gasteiger partial charge is 0.293 e. The Morgan fingerprint density at radius 3 is 2.18 bits per heavy atom. The van der Waals surface area contributed by atoms with Crippen molar-refractivity contribution in [1.82, 2.24) is 0 Å². The predicted molar refractivity (Wildman–Crippen MR) is 72.0 cm³/mol. The topological polar surface area (TPSA) is 51.2 Å². The zero-order chi connectivity index (χ0) is 13.1. The van der Waals surface area contributed by atoms with Crippen LogP contribution in [0.4, 0.5) is 0 Å². The van der Waals surface area contributed by atoms with Crippen LogP contribution in [0.3, 0.4) is 0 Å². The molecule has 0 aliphatic rings. The van der Waals surface area contributed by atoms with Crippen LogP contribution in [0.15, 0.2) is 28.7 Å². The minimum atomic E-state index is -3.33. The summed E-state index contributed by atoms with van der Waals surface area (Å²) in [6, 6.07) is 6.75. The van der Waals surface area contributed by atoms with E-state index in [2.05, 4.69) is 15.9 Å². The van der Waals surface area contributed by atoms with Crippen molar-refractivity contribution in [2.45, 2.75) is 25.5 Å². The van der Waals surface area contributed by atoms with Crippen molar-refractivity contribution in [3.63, 3.8) is 0 Å². The van der Waals surface area contributed by atoms with Gasteiger partial charge in [0.25, 0.3) is 0 Å². The average molecular weight is 319 g/mol. The van der Waals surface area contributed by atoms with Gasteiger partial charge in [0.15, 0.2) is 15.6 Å². The normalized spacial score (nSPS) is 13.4. The van der Waals surface area contributed by atoms with Crippen molar-refractivity contribution in [1.29, 1.82) is 0 Å². The third-order valence-corrected chi connectivity index (χ3v) is 5.38. The highest BCUT2D eigenvalue weighted by Crippen LogP contribution is 2.17. The molecular weight excluding hydrogens is 304 g/mol. The molecule has 5 heteroatoms. The molecule has 0 radical (unpaired) electrons. The molecule has 0 aliphatic heterocycles. The summed E-state index contributed by atoms with van der Waals surface area (Å²) in [4.78, 5) is 12.1. The van der Waals surface area contributed by atoms with Crippen molar-refractivity contribution in [2.24, 2.45) is 0 Å². The Morgan fingerprint density at radius 1 is 1.24 bits per heavy atom. The molecule has 17 heavy (non-hydrogen) atoms. The Balaban J connectivity index is 3.07. The maximum atomic E-state index is 12.1. The molecule has 0 aliphatic carbocycles. The highest BCUT2D eigenvalue weighted by molar-refractivity contribution is 9.10. The fraction of sp³-hybridized carbons (Fsp3) is 0.417. The van der Waals surface area contributed by atoms with E-state index >= 15 is 0 Å². The number of Topliss-reactive ketones (excluding diaryl/α,β-unsaturated/α-hetero) is 1. The van der Waals surface area contributed by atoms with Crippen LogP contribution in [0.25, 0.3) is 0 Å². The van der Waals surface area contributed by atoms with E-state index in [0.29, 0.717) is 12.0 Å². The fourth-order valence-corrected chi connectivity index (χ4v) is 3.24. The second-order valence-electron chi connectivity index (χ2n) is 3.72. The van der Waals surface area contributed by atoms with Crippen molar-refractivity contribution in [3.8, 4) is 0 Å². The third kappa shape index (κ3) is 3.39. The summed E-state index contributed by atoms with van der Waals surface area (Å²) in [6.07, 6.45) is 0.311. The molecule has 0 heterocycles. The number of ketones is 1. The third-order valence-electron chi connectivity index (χ3n) is 2.63. The molecule has 1 atom stereocenters. The Labute approximate surface area is 110 Å². The maximum absolute atomic E-state index is 12.1. The lowest BCUT2D eigenvalue weighted by Gasteiger charge is -2.13. The standard InChI is InChI=1S/C12H15BrO3S/c1-3-11(17(15,16)4-2)12(14)9-5-7-10(13)8-6-9/h5-8,11H,3-4H2,1-2H3/t11-/m0/s1. The number of carbonyl (C=O) groups excluding carboxylic acids is 1. The molecule has 0 bridgehead atoms. The molecule has 1 aromatic carbocycles. The van der Waals surface area contributed by atoms with E-state index in [1.807, 2.05) is 0 Å². The molecule has 0 spiro atoms. The van der Waals surface area contributed by atoms with Gasteiger partial charge < -0.3 is 0 Å². The van der Waals surface area contributed by atoms with Gasteiger partial charge in [-0.3, -0.25) is 4.79 Å². The van der Waals surface area contributed by atoms with Crippen LogP contribution in [-0.2, 0) is 9.84 Å². The highest BCUT2D eigenvalue weighted by atomic mass is 79.9. The van der Waals surface area contributed by atoms with Gasteiger partial charge in [0.1, 0.15) is 5.25 Å². The van der Waals surface area contributed by atoms with Gasteiger partial charge in [-0.15, -0.1) is 0 Å². The minimum Gasteiger partial charge on any atom is -0.293 e. The van der Waals surface area contributed by atoms with Gasteiger partial charge in [0.2, 0.25) is 0 Å². The average Bonchev–Trinajstić information content (AvgIpc) is 2.30. The molecule has 0 saturated heterocycles. The van der Waals surface area contributed by atoms with Gasteiger partial charge in [-0.2, -0.15) is 0 Å². The van der Waals surface area contributed by atoms with E-state index < -0.39 is 15.1 Å². The van der Waals surface area contributed by atoms with E-state index in [0.717, 1.165) is 4.47 Å².